The van der Waals surface area contributed by atoms with Crippen LogP contribution in [0.1, 0.15) is 50.9 Å². The van der Waals surface area contributed by atoms with Crippen molar-refractivity contribution >= 4 is 34.0 Å². The molecule has 1 saturated carbocycles. The molecular formula is C30H30N4O3S. The smallest absolute Gasteiger partial charge is 0.264 e. The van der Waals surface area contributed by atoms with Crippen LogP contribution in [0.5, 0.6) is 5.75 Å². The molecule has 0 spiro atoms. The summed E-state index contributed by atoms with van der Waals surface area (Å²) in [6, 6.07) is 23.2. The number of nitrogens with zero attached hydrogens (tertiary/aromatic N) is 1. The molecule has 3 N–H and O–H groups in total. The minimum atomic E-state index is -0.197. The molecule has 7 nitrogen and oxygen atoms in total. The van der Waals surface area contributed by atoms with Crippen molar-refractivity contribution in [2.45, 2.75) is 39.3 Å². The van der Waals surface area contributed by atoms with Crippen molar-refractivity contribution in [3.8, 4) is 17.0 Å². The fraction of sp³-hybridized carbons (Fsp3) is 0.233. The van der Waals surface area contributed by atoms with Crippen molar-refractivity contribution in [1.29, 1.82) is 0 Å². The molecule has 1 aliphatic carbocycles. The van der Waals surface area contributed by atoms with Gasteiger partial charge in [0.1, 0.15) is 10.6 Å². The van der Waals surface area contributed by atoms with E-state index in [1.54, 1.807) is 0 Å². The summed E-state index contributed by atoms with van der Waals surface area (Å²) in [5.74, 6) is 0.486. The van der Waals surface area contributed by atoms with Gasteiger partial charge in [-0.1, -0.05) is 47.7 Å². The van der Waals surface area contributed by atoms with Gasteiger partial charge < -0.3 is 20.7 Å². The number of aromatic nitrogens is 1. The van der Waals surface area contributed by atoms with Crippen LogP contribution in [0.15, 0.2) is 72.8 Å². The van der Waals surface area contributed by atoms with Gasteiger partial charge in [-0.05, 0) is 74.2 Å². The van der Waals surface area contributed by atoms with Crippen LogP contribution >= 0.6 is 11.3 Å². The Balaban J connectivity index is 1.42. The van der Waals surface area contributed by atoms with Crippen molar-refractivity contribution in [3.05, 3.63) is 94.4 Å². The average molecular weight is 527 g/mol. The maximum Gasteiger partial charge on any atom is 0.264 e. The number of benzene rings is 3. The molecule has 8 heteroatoms. The zero-order valence-corrected chi connectivity index (χ0v) is 22.2. The molecule has 5 rings (SSSR count). The molecule has 1 aromatic heterocycles. The van der Waals surface area contributed by atoms with E-state index in [9.17, 15) is 9.59 Å². The Morgan fingerprint density at radius 2 is 1.76 bits per heavy atom. The monoisotopic (exact) mass is 526 g/mol. The molecule has 3 aromatic carbocycles. The van der Waals surface area contributed by atoms with Gasteiger partial charge in [-0.25, -0.2) is 4.98 Å². The van der Waals surface area contributed by atoms with Crippen LogP contribution in [0.4, 0.5) is 10.8 Å². The highest BCUT2D eigenvalue weighted by Crippen LogP contribution is 2.34. The third-order valence-electron chi connectivity index (χ3n) is 6.22. The second-order valence-electron chi connectivity index (χ2n) is 9.22. The molecule has 1 fully saturated rings. The molecule has 0 unspecified atom stereocenters. The van der Waals surface area contributed by atoms with E-state index in [2.05, 4.69) is 16.0 Å². The van der Waals surface area contributed by atoms with E-state index >= 15 is 0 Å². The molecule has 4 aromatic rings. The van der Waals surface area contributed by atoms with Gasteiger partial charge in [-0.15, -0.1) is 0 Å². The van der Waals surface area contributed by atoms with Crippen LogP contribution in [-0.2, 0) is 6.54 Å². The minimum Gasteiger partial charge on any atom is -0.494 e. The first-order valence-electron chi connectivity index (χ1n) is 12.7. The third kappa shape index (κ3) is 6.20. The molecule has 0 bridgehead atoms. The Bertz CT molecular complexity index is 1430. The van der Waals surface area contributed by atoms with Gasteiger partial charge in [0.15, 0.2) is 5.13 Å². The van der Waals surface area contributed by atoms with Gasteiger partial charge in [0, 0.05) is 29.4 Å². The largest absolute Gasteiger partial charge is 0.494 e. The van der Waals surface area contributed by atoms with Crippen molar-refractivity contribution in [2.24, 2.45) is 0 Å². The normalized spacial score (nSPS) is 12.6. The number of amides is 2. The maximum absolute atomic E-state index is 13.3. The zero-order chi connectivity index (χ0) is 26.5. The van der Waals surface area contributed by atoms with Crippen LogP contribution in [0.2, 0.25) is 0 Å². The highest BCUT2D eigenvalue weighted by atomic mass is 32.1. The quantitative estimate of drug-likeness (QED) is 0.233. The van der Waals surface area contributed by atoms with Gasteiger partial charge in [-0.2, -0.15) is 0 Å². The zero-order valence-electron chi connectivity index (χ0n) is 21.4. The predicted molar refractivity (Wildman–Crippen MR) is 151 cm³/mol. The highest BCUT2D eigenvalue weighted by Gasteiger charge is 2.24. The summed E-state index contributed by atoms with van der Waals surface area (Å²) in [5.41, 5.74) is 4.76. The van der Waals surface area contributed by atoms with E-state index in [1.807, 2.05) is 86.6 Å². The summed E-state index contributed by atoms with van der Waals surface area (Å²) in [5, 5.41) is 9.97. The number of carbonyl (C=O) groups excluding carboxylic acids is 2. The number of aryl methyl sites for hydroxylation is 1. The lowest BCUT2D eigenvalue weighted by molar-refractivity contribution is 0.0944. The van der Waals surface area contributed by atoms with Crippen LogP contribution in [0, 0.1) is 6.92 Å². The Hall–Kier alpha value is -4.17. The number of nitrogens with one attached hydrogen (secondary N) is 3. The Kier molecular flexibility index (Phi) is 7.70. The van der Waals surface area contributed by atoms with E-state index < -0.39 is 0 Å². The predicted octanol–water partition coefficient (Wildman–Crippen LogP) is 6.08. The molecule has 0 aliphatic heterocycles. The topological polar surface area (TPSA) is 92.3 Å². The first-order chi connectivity index (χ1) is 18.5. The molecule has 0 radical (unpaired) electrons. The van der Waals surface area contributed by atoms with Crippen molar-refractivity contribution in [1.82, 2.24) is 15.6 Å². The fourth-order valence-corrected chi connectivity index (χ4v) is 4.88. The van der Waals surface area contributed by atoms with E-state index in [0.29, 0.717) is 34.4 Å². The third-order valence-corrected chi connectivity index (χ3v) is 7.19. The lowest BCUT2D eigenvalue weighted by atomic mass is 10.1. The molecular weight excluding hydrogens is 496 g/mol. The number of ether oxygens (including phenoxy) is 1. The minimum absolute atomic E-state index is 0.0780. The summed E-state index contributed by atoms with van der Waals surface area (Å²) in [4.78, 5) is 31.2. The van der Waals surface area contributed by atoms with E-state index in [-0.39, 0.29) is 17.9 Å². The number of hydrogen-bond donors (Lipinski definition) is 3. The number of carbonyl (C=O) groups is 2. The van der Waals surface area contributed by atoms with Crippen LogP contribution < -0.4 is 20.7 Å². The maximum atomic E-state index is 13.3. The van der Waals surface area contributed by atoms with E-state index in [0.717, 1.165) is 41.0 Å². The number of anilines is 2. The van der Waals surface area contributed by atoms with Crippen LogP contribution in [0.3, 0.4) is 0 Å². The van der Waals surface area contributed by atoms with Gasteiger partial charge in [0.05, 0.1) is 12.3 Å². The molecule has 1 aliphatic rings. The molecule has 2 amide bonds. The number of thiazole rings is 1. The van der Waals surface area contributed by atoms with Crippen LogP contribution in [0.25, 0.3) is 11.3 Å². The highest BCUT2D eigenvalue weighted by molar-refractivity contribution is 7.18. The number of rotatable bonds is 10. The van der Waals surface area contributed by atoms with Gasteiger partial charge in [0.2, 0.25) is 0 Å². The number of hydrogen-bond acceptors (Lipinski definition) is 6. The molecule has 1 heterocycles. The lowest BCUT2D eigenvalue weighted by Gasteiger charge is -2.10. The summed E-state index contributed by atoms with van der Waals surface area (Å²) in [7, 11) is 0. The summed E-state index contributed by atoms with van der Waals surface area (Å²) in [6.07, 6.45) is 2.07. The van der Waals surface area contributed by atoms with Crippen molar-refractivity contribution < 1.29 is 14.3 Å². The van der Waals surface area contributed by atoms with Crippen LogP contribution in [-0.4, -0.2) is 29.4 Å². The standard InChI is InChI=1S/C30H30N4O3S/c1-3-37-24-15-11-21(12-16-24)26-27(29(36)31-18-20-7-5-4-6-8-20)38-30(34-26)33-25-17-22(10-9-19(25)2)28(35)32-23-13-14-23/h4-12,15-17,23H,3,13-14,18H2,1-2H3,(H,31,36)(H,32,35)(H,33,34). The van der Waals surface area contributed by atoms with Gasteiger partial charge in [0.25, 0.3) is 11.8 Å². The Morgan fingerprint density at radius 1 is 1.00 bits per heavy atom. The molecule has 0 saturated heterocycles. The van der Waals surface area contributed by atoms with Gasteiger partial charge >= 0.3 is 0 Å². The second kappa shape index (κ2) is 11.5. The second-order valence-corrected chi connectivity index (χ2v) is 10.2. The van der Waals surface area contributed by atoms with Crippen molar-refractivity contribution in [2.75, 3.05) is 11.9 Å². The van der Waals surface area contributed by atoms with Gasteiger partial charge in [-0.3, -0.25) is 9.59 Å². The summed E-state index contributed by atoms with van der Waals surface area (Å²) in [6.45, 7) is 4.90. The Labute approximate surface area is 226 Å². The summed E-state index contributed by atoms with van der Waals surface area (Å²) >= 11 is 1.28. The first-order valence-corrected chi connectivity index (χ1v) is 13.6. The summed E-state index contributed by atoms with van der Waals surface area (Å²) < 4.78 is 5.58. The van der Waals surface area contributed by atoms with E-state index in [1.165, 1.54) is 11.3 Å². The lowest BCUT2D eigenvalue weighted by Crippen LogP contribution is -2.25. The molecule has 38 heavy (non-hydrogen) atoms. The fourth-order valence-electron chi connectivity index (χ4n) is 3.97. The average Bonchev–Trinajstić information content (AvgIpc) is 3.65. The first kappa shape index (κ1) is 25.5. The molecule has 0 atom stereocenters. The van der Waals surface area contributed by atoms with E-state index in [4.69, 9.17) is 9.72 Å². The molecule has 194 valence electrons. The Morgan fingerprint density at radius 3 is 2.47 bits per heavy atom. The van der Waals surface area contributed by atoms with Crippen molar-refractivity contribution in [3.63, 3.8) is 0 Å². The SMILES string of the molecule is CCOc1ccc(-c2nc(Nc3cc(C(=O)NC4CC4)ccc3C)sc2C(=O)NCc2ccccc2)cc1.